The number of nitrogens with one attached hydrogen (secondary N) is 1. The van der Waals surface area contributed by atoms with Crippen LogP contribution in [-0.4, -0.2) is 6.54 Å². The minimum Gasteiger partial charge on any atom is -0.310 e. The van der Waals surface area contributed by atoms with Crippen molar-refractivity contribution in [1.29, 1.82) is 0 Å². The van der Waals surface area contributed by atoms with Gasteiger partial charge in [-0.3, -0.25) is 0 Å². The van der Waals surface area contributed by atoms with Gasteiger partial charge in [-0.15, -0.1) is 0 Å². The second-order valence-electron chi connectivity index (χ2n) is 5.40. The Morgan fingerprint density at radius 3 is 1.94 bits per heavy atom. The normalized spacial score (nSPS) is 13.1. The number of benzene rings is 1. The Kier molecular flexibility index (Phi) is 5.87. The maximum Gasteiger partial charge on any atom is 0.0351 e. The summed E-state index contributed by atoms with van der Waals surface area (Å²) in [5.74, 6) is 0.728. The van der Waals surface area contributed by atoms with Crippen LogP contribution in [0.1, 0.15) is 61.9 Å². The molecule has 1 nitrogen and oxygen atoms in total. The number of aryl methyl sites for hydroxylation is 3. The van der Waals surface area contributed by atoms with E-state index in [-0.39, 0.29) is 0 Å². The van der Waals surface area contributed by atoms with E-state index < -0.39 is 0 Å². The van der Waals surface area contributed by atoms with E-state index in [1.54, 1.807) is 0 Å². The first-order valence-corrected chi connectivity index (χ1v) is 7.36. The van der Waals surface area contributed by atoms with Gasteiger partial charge < -0.3 is 5.32 Å². The smallest absolute Gasteiger partial charge is 0.0351 e. The molecule has 1 rings (SSSR count). The second-order valence-corrected chi connectivity index (χ2v) is 5.40. The van der Waals surface area contributed by atoms with Gasteiger partial charge in [0, 0.05) is 6.04 Å². The second kappa shape index (κ2) is 6.94. The monoisotopic (exact) mass is 247 g/mol. The highest BCUT2D eigenvalue weighted by molar-refractivity contribution is 5.38. The molecule has 0 radical (unpaired) electrons. The van der Waals surface area contributed by atoms with Crippen molar-refractivity contribution in [1.82, 2.24) is 5.32 Å². The van der Waals surface area contributed by atoms with Crippen LogP contribution in [-0.2, 0) is 0 Å². The highest BCUT2D eigenvalue weighted by atomic mass is 14.9. The molecule has 0 heterocycles. The van der Waals surface area contributed by atoms with Crippen LogP contribution < -0.4 is 5.32 Å². The van der Waals surface area contributed by atoms with Gasteiger partial charge in [-0.2, -0.15) is 0 Å². The fraction of sp³-hybridized carbons (Fsp3) is 0.647. The van der Waals surface area contributed by atoms with Gasteiger partial charge in [-0.1, -0.05) is 45.7 Å². The van der Waals surface area contributed by atoms with E-state index in [1.165, 1.54) is 35.1 Å². The molecule has 102 valence electrons. The quantitative estimate of drug-likeness (QED) is 0.768. The highest BCUT2D eigenvalue weighted by Gasteiger charge is 2.21. The third kappa shape index (κ3) is 3.35. The Morgan fingerprint density at radius 1 is 0.889 bits per heavy atom. The maximum atomic E-state index is 3.69. The molecule has 0 saturated carbocycles. The van der Waals surface area contributed by atoms with Crippen LogP contribution in [0, 0.1) is 26.7 Å². The largest absolute Gasteiger partial charge is 0.310 e. The predicted molar refractivity (Wildman–Crippen MR) is 81.1 cm³/mol. The molecule has 0 bridgehead atoms. The summed E-state index contributed by atoms with van der Waals surface area (Å²) in [6.45, 7) is 14.5. The Bertz CT molecular complexity index is 377. The molecule has 0 aliphatic heterocycles. The molecule has 1 heteroatoms. The molecule has 0 saturated heterocycles. The van der Waals surface area contributed by atoms with Crippen molar-refractivity contribution in [2.45, 2.75) is 60.4 Å². The van der Waals surface area contributed by atoms with Crippen molar-refractivity contribution in [2.24, 2.45) is 5.92 Å². The molecule has 0 spiro atoms. The lowest BCUT2D eigenvalue weighted by Crippen LogP contribution is -2.28. The summed E-state index contributed by atoms with van der Waals surface area (Å²) in [5, 5.41) is 3.69. The molecule has 1 aromatic carbocycles. The molecule has 0 aliphatic rings. The molecule has 1 atom stereocenters. The SMILES string of the molecule is CCNC(c1cc(C)c(C)cc1C)C(CC)CC. The number of hydrogen-bond donors (Lipinski definition) is 1. The summed E-state index contributed by atoms with van der Waals surface area (Å²) in [6, 6.07) is 5.22. The van der Waals surface area contributed by atoms with Gasteiger partial charge in [0.1, 0.15) is 0 Å². The van der Waals surface area contributed by atoms with Gasteiger partial charge in [-0.05, 0) is 55.5 Å². The zero-order chi connectivity index (χ0) is 13.7. The Labute approximate surface area is 113 Å². The molecule has 0 aromatic heterocycles. The molecular formula is C17H29N. The zero-order valence-corrected chi connectivity index (χ0v) is 12.9. The van der Waals surface area contributed by atoms with Crippen molar-refractivity contribution in [3.63, 3.8) is 0 Å². The van der Waals surface area contributed by atoms with Crippen molar-refractivity contribution in [3.8, 4) is 0 Å². The molecule has 1 aromatic rings. The van der Waals surface area contributed by atoms with E-state index in [4.69, 9.17) is 0 Å². The van der Waals surface area contributed by atoms with Gasteiger partial charge >= 0.3 is 0 Å². The minimum atomic E-state index is 0.504. The average molecular weight is 247 g/mol. The molecule has 0 aliphatic carbocycles. The van der Waals surface area contributed by atoms with Gasteiger partial charge in [0.15, 0.2) is 0 Å². The molecule has 1 N–H and O–H groups in total. The van der Waals surface area contributed by atoms with Crippen molar-refractivity contribution < 1.29 is 0 Å². The van der Waals surface area contributed by atoms with Crippen molar-refractivity contribution in [2.75, 3.05) is 6.54 Å². The summed E-state index contributed by atoms with van der Waals surface area (Å²) in [4.78, 5) is 0. The zero-order valence-electron chi connectivity index (χ0n) is 12.9. The molecular weight excluding hydrogens is 218 g/mol. The number of rotatable bonds is 6. The van der Waals surface area contributed by atoms with Crippen LogP contribution in [0.2, 0.25) is 0 Å². The average Bonchev–Trinajstić information content (AvgIpc) is 2.34. The topological polar surface area (TPSA) is 12.0 Å². The third-order valence-electron chi connectivity index (χ3n) is 4.16. The molecule has 0 fully saturated rings. The first kappa shape index (κ1) is 15.2. The summed E-state index contributed by atoms with van der Waals surface area (Å²) in [5.41, 5.74) is 5.73. The van der Waals surface area contributed by atoms with Crippen LogP contribution in [0.25, 0.3) is 0 Å². The predicted octanol–water partition coefficient (Wildman–Crippen LogP) is 4.70. The lowest BCUT2D eigenvalue weighted by molar-refractivity contribution is 0.345. The first-order valence-electron chi connectivity index (χ1n) is 7.36. The molecule has 0 amide bonds. The van der Waals surface area contributed by atoms with Crippen molar-refractivity contribution >= 4 is 0 Å². The first-order chi connectivity index (χ1) is 8.54. The molecule has 18 heavy (non-hydrogen) atoms. The Balaban J connectivity index is 3.16. The van der Waals surface area contributed by atoms with E-state index in [0.717, 1.165) is 12.5 Å². The van der Waals surface area contributed by atoms with Gasteiger partial charge in [0.25, 0.3) is 0 Å². The lowest BCUT2D eigenvalue weighted by atomic mass is 9.85. The summed E-state index contributed by atoms with van der Waals surface area (Å²) in [7, 11) is 0. The summed E-state index contributed by atoms with van der Waals surface area (Å²) in [6.07, 6.45) is 2.47. The van der Waals surface area contributed by atoms with Crippen LogP contribution in [0.3, 0.4) is 0 Å². The van der Waals surface area contributed by atoms with Crippen LogP contribution >= 0.6 is 0 Å². The summed E-state index contributed by atoms with van der Waals surface area (Å²) < 4.78 is 0. The van der Waals surface area contributed by atoms with Crippen LogP contribution in [0.15, 0.2) is 12.1 Å². The fourth-order valence-electron chi connectivity index (χ4n) is 2.83. The Morgan fingerprint density at radius 2 is 1.44 bits per heavy atom. The van der Waals surface area contributed by atoms with Gasteiger partial charge in [0.2, 0.25) is 0 Å². The fourth-order valence-corrected chi connectivity index (χ4v) is 2.83. The van der Waals surface area contributed by atoms with Gasteiger partial charge in [-0.25, -0.2) is 0 Å². The van der Waals surface area contributed by atoms with E-state index in [0.29, 0.717) is 6.04 Å². The van der Waals surface area contributed by atoms with E-state index >= 15 is 0 Å². The standard InChI is InChI=1S/C17H29N/c1-7-15(8-2)17(18-9-3)16-11-13(5)12(4)10-14(16)6/h10-11,15,17-18H,7-9H2,1-6H3. The number of hydrogen-bond acceptors (Lipinski definition) is 1. The highest BCUT2D eigenvalue weighted by Crippen LogP contribution is 2.31. The van der Waals surface area contributed by atoms with E-state index in [9.17, 15) is 0 Å². The summed E-state index contributed by atoms with van der Waals surface area (Å²) >= 11 is 0. The van der Waals surface area contributed by atoms with Crippen LogP contribution in [0.5, 0.6) is 0 Å². The lowest BCUT2D eigenvalue weighted by Gasteiger charge is -2.28. The maximum absolute atomic E-state index is 3.69. The van der Waals surface area contributed by atoms with Gasteiger partial charge in [0.05, 0.1) is 0 Å². The van der Waals surface area contributed by atoms with E-state index in [1.807, 2.05) is 0 Å². The van der Waals surface area contributed by atoms with Crippen molar-refractivity contribution in [3.05, 3.63) is 34.4 Å². The third-order valence-corrected chi connectivity index (χ3v) is 4.16. The minimum absolute atomic E-state index is 0.504. The molecule has 1 unspecified atom stereocenters. The van der Waals surface area contributed by atoms with Crippen LogP contribution in [0.4, 0.5) is 0 Å². The Hall–Kier alpha value is -0.820. The van der Waals surface area contributed by atoms with E-state index in [2.05, 4.69) is 59.0 Å².